The number of amides is 1. The normalized spacial score (nSPS) is 17.6. The van der Waals surface area contributed by atoms with Crippen molar-refractivity contribution in [2.45, 2.75) is 24.9 Å². The van der Waals surface area contributed by atoms with E-state index in [-0.39, 0.29) is 34.9 Å². The third-order valence-corrected chi connectivity index (χ3v) is 9.81. The van der Waals surface area contributed by atoms with Crippen LogP contribution < -0.4 is 9.62 Å². The van der Waals surface area contributed by atoms with Gasteiger partial charge in [-0.05, 0) is 55.0 Å². The van der Waals surface area contributed by atoms with Crippen molar-refractivity contribution in [3.8, 4) is 11.3 Å². The number of hydrogen-bond acceptors (Lipinski definition) is 7. The van der Waals surface area contributed by atoms with Gasteiger partial charge in [0.1, 0.15) is 23.0 Å². The van der Waals surface area contributed by atoms with Crippen molar-refractivity contribution >= 4 is 42.4 Å². The number of rotatable bonds is 7. The first-order chi connectivity index (χ1) is 19.8. The van der Waals surface area contributed by atoms with E-state index < -0.39 is 55.4 Å². The molecule has 3 aromatic carbocycles. The number of sulfone groups is 1. The summed E-state index contributed by atoms with van der Waals surface area (Å²) in [5.74, 6) is -2.11. The lowest BCUT2D eigenvalue weighted by atomic mass is 10.0. The van der Waals surface area contributed by atoms with Crippen molar-refractivity contribution in [1.29, 1.82) is 0 Å². The van der Waals surface area contributed by atoms with Crippen LogP contribution in [0.4, 0.5) is 14.5 Å². The molecule has 4 aromatic rings. The van der Waals surface area contributed by atoms with Crippen LogP contribution in [0, 0.1) is 11.6 Å². The summed E-state index contributed by atoms with van der Waals surface area (Å²) in [7, 11) is -6.28. The standard InChI is InChI=1S/C29H28F2N2O7S2/c1-17-23-12-24-26(40-28(27(24)29(34)32-2)19-6-10-21(31)11-7-19)13-25(23)33(41(3,35)36)14-22(39-17)16-42(37,38)15-18-4-8-20(30)9-5-18/h4-13,17,22H,14-16H2,1-3H3,(H,32,34)/t17-,22-/m0/s1. The maximum Gasteiger partial charge on any atom is 0.255 e. The first-order valence-electron chi connectivity index (χ1n) is 12.9. The van der Waals surface area contributed by atoms with E-state index >= 15 is 0 Å². The molecule has 0 saturated heterocycles. The Kier molecular flexibility index (Phi) is 7.86. The Morgan fingerprint density at radius 1 is 1.00 bits per heavy atom. The van der Waals surface area contributed by atoms with Crippen LogP contribution in [0.25, 0.3) is 22.3 Å². The van der Waals surface area contributed by atoms with E-state index in [0.717, 1.165) is 10.6 Å². The molecule has 1 amide bonds. The number of furan rings is 1. The number of anilines is 1. The van der Waals surface area contributed by atoms with E-state index in [1.165, 1.54) is 61.6 Å². The zero-order valence-corrected chi connectivity index (χ0v) is 24.6. The van der Waals surface area contributed by atoms with E-state index in [9.17, 15) is 30.4 Å². The second-order valence-corrected chi connectivity index (χ2v) is 14.2. The van der Waals surface area contributed by atoms with Crippen LogP contribution in [0.2, 0.25) is 0 Å². The molecule has 13 heteroatoms. The molecule has 1 aliphatic heterocycles. The van der Waals surface area contributed by atoms with Gasteiger partial charge in [-0.3, -0.25) is 9.10 Å². The van der Waals surface area contributed by atoms with Gasteiger partial charge in [0.05, 0.1) is 47.8 Å². The van der Waals surface area contributed by atoms with Crippen LogP contribution in [0.15, 0.2) is 65.1 Å². The Bertz CT molecular complexity index is 1870. The van der Waals surface area contributed by atoms with Crippen LogP contribution in [-0.2, 0) is 30.4 Å². The number of nitrogens with one attached hydrogen (secondary N) is 1. The van der Waals surface area contributed by atoms with Gasteiger partial charge >= 0.3 is 0 Å². The third kappa shape index (κ3) is 6.03. The highest BCUT2D eigenvalue weighted by Gasteiger charge is 2.35. The highest BCUT2D eigenvalue weighted by Crippen LogP contribution is 2.42. The van der Waals surface area contributed by atoms with Crippen molar-refractivity contribution in [3.05, 3.63) is 89.0 Å². The van der Waals surface area contributed by atoms with E-state index in [1.807, 2.05) is 0 Å². The average Bonchev–Trinajstić information content (AvgIpc) is 3.23. The van der Waals surface area contributed by atoms with E-state index in [1.54, 1.807) is 13.0 Å². The summed E-state index contributed by atoms with van der Waals surface area (Å²) in [6.45, 7) is 1.37. The summed E-state index contributed by atoms with van der Waals surface area (Å²) in [6.07, 6.45) is -0.806. The summed E-state index contributed by atoms with van der Waals surface area (Å²) < 4.78 is 92.3. The van der Waals surface area contributed by atoms with Gasteiger partial charge in [-0.1, -0.05) is 12.1 Å². The Hall–Kier alpha value is -3.81. The zero-order valence-electron chi connectivity index (χ0n) is 22.9. The van der Waals surface area contributed by atoms with Crippen LogP contribution >= 0.6 is 0 Å². The van der Waals surface area contributed by atoms with Crippen molar-refractivity contribution in [3.63, 3.8) is 0 Å². The molecule has 0 fully saturated rings. The van der Waals surface area contributed by atoms with Crippen molar-refractivity contribution < 1.29 is 39.6 Å². The Labute approximate surface area is 242 Å². The highest BCUT2D eigenvalue weighted by molar-refractivity contribution is 7.92. The summed E-state index contributed by atoms with van der Waals surface area (Å²) >= 11 is 0. The van der Waals surface area contributed by atoms with E-state index in [2.05, 4.69) is 5.32 Å². The SMILES string of the molecule is CNC(=O)c1c(-c2ccc(F)cc2)oc2cc3c(cc12)[C@H](C)O[C@H](CS(=O)(=O)Cc1ccc(F)cc1)CN3S(C)(=O)=O. The number of carbonyl (C=O) groups excluding carboxylic acids is 1. The summed E-state index contributed by atoms with van der Waals surface area (Å²) in [4.78, 5) is 13.0. The smallest absolute Gasteiger partial charge is 0.255 e. The first kappa shape index (κ1) is 29.7. The molecule has 222 valence electrons. The predicted octanol–water partition coefficient (Wildman–Crippen LogP) is 4.58. The van der Waals surface area contributed by atoms with Crippen molar-refractivity contribution in [2.75, 3.05) is 29.9 Å². The van der Waals surface area contributed by atoms with Gasteiger partial charge in [-0.25, -0.2) is 25.6 Å². The minimum atomic E-state index is -3.93. The highest BCUT2D eigenvalue weighted by atomic mass is 32.2. The maximum absolute atomic E-state index is 13.6. The molecule has 0 saturated carbocycles. The molecule has 0 aliphatic carbocycles. The molecule has 2 atom stereocenters. The number of nitrogens with zero attached hydrogens (tertiary/aromatic N) is 1. The Morgan fingerprint density at radius 3 is 2.21 bits per heavy atom. The van der Waals surface area contributed by atoms with Gasteiger partial charge in [-0.15, -0.1) is 0 Å². The second-order valence-electron chi connectivity index (χ2n) is 10.2. The lowest BCUT2D eigenvalue weighted by molar-refractivity contribution is 0.0193. The quantitative estimate of drug-likeness (QED) is 0.322. The van der Waals surface area contributed by atoms with Crippen LogP contribution in [0.3, 0.4) is 0 Å². The molecule has 0 bridgehead atoms. The molecule has 42 heavy (non-hydrogen) atoms. The number of fused-ring (bicyclic) bond motifs is 2. The molecule has 1 aromatic heterocycles. The van der Waals surface area contributed by atoms with Gasteiger partial charge in [0.15, 0.2) is 9.84 Å². The lowest BCUT2D eigenvalue weighted by Crippen LogP contribution is -2.39. The van der Waals surface area contributed by atoms with Gasteiger partial charge < -0.3 is 14.5 Å². The Balaban J connectivity index is 1.57. The van der Waals surface area contributed by atoms with E-state index in [4.69, 9.17) is 9.15 Å². The first-order valence-corrected chi connectivity index (χ1v) is 16.6. The summed E-state index contributed by atoms with van der Waals surface area (Å²) in [5, 5.41) is 2.95. The number of sulfonamides is 1. The van der Waals surface area contributed by atoms with Gasteiger partial charge in [0, 0.05) is 29.6 Å². The minimum Gasteiger partial charge on any atom is -0.455 e. The Morgan fingerprint density at radius 2 is 1.62 bits per heavy atom. The molecule has 0 spiro atoms. The van der Waals surface area contributed by atoms with Crippen molar-refractivity contribution in [2.24, 2.45) is 0 Å². The number of carbonyl (C=O) groups is 1. The second kappa shape index (κ2) is 11.1. The fourth-order valence-corrected chi connectivity index (χ4v) is 7.64. The largest absolute Gasteiger partial charge is 0.455 e. The molecular formula is C29H28F2N2O7S2. The molecule has 0 unspecified atom stereocenters. The lowest BCUT2D eigenvalue weighted by Gasteiger charge is -2.25. The molecular weight excluding hydrogens is 590 g/mol. The molecule has 1 aliphatic rings. The third-order valence-electron chi connectivity index (χ3n) is 7.01. The summed E-state index contributed by atoms with van der Waals surface area (Å²) in [5.41, 5.74) is 1.83. The van der Waals surface area contributed by atoms with Crippen LogP contribution in [-0.4, -0.2) is 54.4 Å². The average molecular weight is 619 g/mol. The summed E-state index contributed by atoms with van der Waals surface area (Å²) in [6, 6.07) is 13.6. The minimum absolute atomic E-state index is 0.169. The number of benzene rings is 3. The van der Waals surface area contributed by atoms with E-state index in [0.29, 0.717) is 22.1 Å². The zero-order chi connectivity index (χ0) is 30.4. The molecule has 9 nitrogen and oxygen atoms in total. The van der Waals surface area contributed by atoms with Crippen LogP contribution in [0.1, 0.15) is 34.5 Å². The molecule has 5 rings (SSSR count). The number of ether oxygens (including phenoxy) is 1. The maximum atomic E-state index is 13.6. The monoisotopic (exact) mass is 618 g/mol. The molecule has 0 radical (unpaired) electrons. The fourth-order valence-electron chi connectivity index (χ4n) is 5.12. The fraction of sp³-hybridized carbons (Fsp3) is 0.276. The number of halogens is 2. The van der Waals surface area contributed by atoms with Gasteiger partial charge in [-0.2, -0.15) is 0 Å². The number of hydrogen-bond donors (Lipinski definition) is 1. The van der Waals surface area contributed by atoms with Crippen LogP contribution in [0.5, 0.6) is 0 Å². The molecule has 2 heterocycles. The van der Waals surface area contributed by atoms with Gasteiger partial charge in [0.2, 0.25) is 10.0 Å². The van der Waals surface area contributed by atoms with Crippen molar-refractivity contribution in [1.82, 2.24) is 5.32 Å². The predicted molar refractivity (Wildman–Crippen MR) is 154 cm³/mol. The topological polar surface area (TPSA) is 123 Å². The molecule has 1 N–H and O–H groups in total. The van der Waals surface area contributed by atoms with Gasteiger partial charge in [0.25, 0.3) is 5.91 Å².